The number of nitrogens with zero attached hydrogens (tertiary/aromatic N) is 3. The van der Waals surface area contributed by atoms with Gasteiger partial charge in [-0.3, -0.25) is 4.68 Å². The third kappa shape index (κ3) is 3.16. The molecule has 4 heteroatoms. The average Bonchev–Trinajstić information content (AvgIpc) is 2.83. The molecule has 0 spiro atoms. The quantitative estimate of drug-likeness (QED) is 0.889. The van der Waals surface area contributed by atoms with Crippen molar-refractivity contribution < 1.29 is 0 Å². The van der Waals surface area contributed by atoms with E-state index in [0.29, 0.717) is 11.5 Å². The van der Waals surface area contributed by atoms with Gasteiger partial charge < -0.3 is 5.32 Å². The van der Waals surface area contributed by atoms with E-state index in [9.17, 15) is 0 Å². The molecule has 2 unspecified atom stereocenters. The van der Waals surface area contributed by atoms with Crippen LogP contribution in [0.3, 0.4) is 0 Å². The standard InChI is InChI=1S/C15H28N4/c1-5-19-14(17-11-18-19)10-13(16-4)12-8-6-7-9-15(12,2)3/h11-13,16H,5-10H2,1-4H3. The highest BCUT2D eigenvalue weighted by Crippen LogP contribution is 2.42. The van der Waals surface area contributed by atoms with Crippen molar-refractivity contribution in [2.75, 3.05) is 7.05 Å². The topological polar surface area (TPSA) is 42.7 Å². The minimum Gasteiger partial charge on any atom is -0.316 e. The van der Waals surface area contributed by atoms with E-state index in [0.717, 1.165) is 24.7 Å². The van der Waals surface area contributed by atoms with Crippen LogP contribution in [-0.2, 0) is 13.0 Å². The van der Waals surface area contributed by atoms with Crippen LogP contribution in [0.25, 0.3) is 0 Å². The second kappa shape index (κ2) is 6.04. The molecule has 0 bridgehead atoms. The van der Waals surface area contributed by atoms with Crippen LogP contribution in [0, 0.1) is 11.3 Å². The van der Waals surface area contributed by atoms with Gasteiger partial charge in [0.15, 0.2) is 0 Å². The van der Waals surface area contributed by atoms with Gasteiger partial charge in [-0.15, -0.1) is 0 Å². The predicted octanol–water partition coefficient (Wildman–Crippen LogP) is 2.64. The lowest BCUT2D eigenvalue weighted by molar-refractivity contribution is 0.0999. The fourth-order valence-corrected chi connectivity index (χ4v) is 3.62. The zero-order chi connectivity index (χ0) is 13.9. The highest BCUT2D eigenvalue weighted by atomic mass is 15.3. The number of likely N-dealkylation sites (N-methyl/N-ethyl adjacent to an activating group) is 1. The van der Waals surface area contributed by atoms with E-state index in [1.807, 2.05) is 4.68 Å². The summed E-state index contributed by atoms with van der Waals surface area (Å²) in [5.74, 6) is 1.84. The Morgan fingerprint density at radius 2 is 2.26 bits per heavy atom. The summed E-state index contributed by atoms with van der Waals surface area (Å²) in [7, 11) is 2.09. The second-order valence-corrected chi connectivity index (χ2v) is 6.43. The highest BCUT2D eigenvalue weighted by molar-refractivity contribution is 4.96. The van der Waals surface area contributed by atoms with Crippen LogP contribution in [-0.4, -0.2) is 27.9 Å². The maximum absolute atomic E-state index is 4.43. The zero-order valence-electron chi connectivity index (χ0n) is 12.8. The Kier molecular flexibility index (Phi) is 4.61. The average molecular weight is 264 g/mol. The number of rotatable bonds is 5. The molecule has 19 heavy (non-hydrogen) atoms. The third-order valence-corrected chi connectivity index (χ3v) is 4.84. The lowest BCUT2D eigenvalue weighted by Crippen LogP contribution is -2.45. The second-order valence-electron chi connectivity index (χ2n) is 6.43. The van der Waals surface area contributed by atoms with Gasteiger partial charge in [0.25, 0.3) is 0 Å². The molecule has 2 atom stereocenters. The maximum Gasteiger partial charge on any atom is 0.138 e. The molecule has 0 radical (unpaired) electrons. The molecular formula is C15H28N4. The molecular weight excluding hydrogens is 236 g/mol. The van der Waals surface area contributed by atoms with E-state index in [4.69, 9.17) is 0 Å². The normalized spacial score (nSPS) is 24.3. The van der Waals surface area contributed by atoms with Gasteiger partial charge in [0, 0.05) is 19.0 Å². The van der Waals surface area contributed by atoms with Gasteiger partial charge in [0.2, 0.25) is 0 Å². The van der Waals surface area contributed by atoms with Crippen molar-refractivity contribution in [2.45, 2.75) is 65.5 Å². The number of aryl methyl sites for hydroxylation is 1. The molecule has 1 aliphatic rings. The number of aromatic nitrogens is 3. The van der Waals surface area contributed by atoms with Gasteiger partial charge in [-0.2, -0.15) is 5.10 Å². The maximum atomic E-state index is 4.43. The Hall–Kier alpha value is -0.900. The Balaban J connectivity index is 2.11. The molecule has 1 fully saturated rings. The van der Waals surface area contributed by atoms with E-state index in [1.165, 1.54) is 25.7 Å². The van der Waals surface area contributed by atoms with Crippen LogP contribution in [0.5, 0.6) is 0 Å². The molecule has 1 aromatic heterocycles. The van der Waals surface area contributed by atoms with E-state index in [-0.39, 0.29) is 0 Å². The van der Waals surface area contributed by atoms with Gasteiger partial charge in [-0.05, 0) is 38.1 Å². The van der Waals surface area contributed by atoms with Gasteiger partial charge in [-0.25, -0.2) is 4.98 Å². The SMILES string of the molecule is CCn1ncnc1CC(NC)C1CCCCC1(C)C. The minimum atomic E-state index is 0.434. The van der Waals surface area contributed by atoms with Crippen LogP contribution < -0.4 is 5.32 Å². The summed E-state index contributed by atoms with van der Waals surface area (Å²) in [6.45, 7) is 7.87. The van der Waals surface area contributed by atoms with E-state index < -0.39 is 0 Å². The van der Waals surface area contributed by atoms with Crippen molar-refractivity contribution in [3.8, 4) is 0 Å². The van der Waals surface area contributed by atoms with Crippen LogP contribution >= 0.6 is 0 Å². The monoisotopic (exact) mass is 264 g/mol. The van der Waals surface area contributed by atoms with Crippen molar-refractivity contribution in [3.63, 3.8) is 0 Å². The lowest BCUT2D eigenvalue weighted by atomic mass is 9.65. The molecule has 0 amide bonds. The van der Waals surface area contributed by atoms with Crippen LogP contribution in [0.1, 0.15) is 52.3 Å². The molecule has 0 aromatic carbocycles. The largest absolute Gasteiger partial charge is 0.316 e. The van der Waals surface area contributed by atoms with Gasteiger partial charge in [0.05, 0.1) is 0 Å². The molecule has 4 nitrogen and oxygen atoms in total. The Morgan fingerprint density at radius 3 is 2.89 bits per heavy atom. The molecule has 1 aromatic rings. The van der Waals surface area contributed by atoms with Crippen molar-refractivity contribution in [2.24, 2.45) is 11.3 Å². The number of hydrogen-bond donors (Lipinski definition) is 1. The van der Waals surface area contributed by atoms with Crippen molar-refractivity contribution >= 4 is 0 Å². The zero-order valence-corrected chi connectivity index (χ0v) is 12.8. The van der Waals surface area contributed by atoms with Crippen LogP contribution in [0.15, 0.2) is 6.33 Å². The smallest absolute Gasteiger partial charge is 0.138 e. The molecule has 108 valence electrons. The Morgan fingerprint density at radius 1 is 1.47 bits per heavy atom. The molecule has 1 saturated carbocycles. The fourth-order valence-electron chi connectivity index (χ4n) is 3.62. The Labute approximate surface area is 117 Å². The third-order valence-electron chi connectivity index (χ3n) is 4.84. The summed E-state index contributed by atoms with van der Waals surface area (Å²) in [4.78, 5) is 4.43. The molecule has 1 heterocycles. The molecule has 2 rings (SSSR count). The van der Waals surface area contributed by atoms with Crippen LogP contribution in [0.4, 0.5) is 0 Å². The predicted molar refractivity (Wildman–Crippen MR) is 78.0 cm³/mol. The molecule has 0 aliphatic heterocycles. The lowest BCUT2D eigenvalue weighted by Gasteiger charge is -2.43. The van der Waals surface area contributed by atoms with Gasteiger partial charge in [0.1, 0.15) is 12.2 Å². The summed E-state index contributed by atoms with van der Waals surface area (Å²) in [6, 6.07) is 0.504. The number of nitrogens with one attached hydrogen (secondary N) is 1. The first-order chi connectivity index (χ1) is 9.08. The van der Waals surface area contributed by atoms with Gasteiger partial charge >= 0.3 is 0 Å². The first-order valence-corrected chi connectivity index (χ1v) is 7.62. The first-order valence-electron chi connectivity index (χ1n) is 7.62. The molecule has 0 saturated heterocycles. The Bertz CT molecular complexity index is 397. The summed E-state index contributed by atoms with van der Waals surface area (Å²) < 4.78 is 2.01. The van der Waals surface area contributed by atoms with E-state index >= 15 is 0 Å². The van der Waals surface area contributed by atoms with Crippen LogP contribution in [0.2, 0.25) is 0 Å². The van der Waals surface area contributed by atoms with E-state index in [1.54, 1.807) is 6.33 Å². The summed E-state index contributed by atoms with van der Waals surface area (Å²) >= 11 is 0. The molecule has 1 aliphatic carbocycles. The fraction of sp³-hybridized carbons (Fsp3) is 0.867. The van der Waals surface area contributed by atoms with Gasteiger partial charge in [-0.1, -0.05) is 26.7 Å². The number of hydrogen-bond acceptors (Lipinski definition) is 3. The van der Waals surface area contributed by atoms with Crippen molar-refractivity contribution in [1.82, 2.24) is 20.1 Å². The summed E-state index contributed by atoms with van der Waals surface area (Å²) in [6.07, 6.45) is 8.09. The van der Waals surface area contributed by atoms with Crippen molar-refractivity contribution in [3.05, 3.63) is 12.2 Å². The van der Waals surface area contributed by atoms with Crippen molar-refractivity contribution in [1.29, 1.82) is 0 Å². The highest BCUT2D eigenvalue weighted by Gasteiger charge is 2.37. The van der Waals surface area contributed by atoms with E-state index in [2.05, 4.69) is 43.2 Å². The molecule has 1 N–H and O–H groups in total. The summed E-state index contributed by atoms with van der Waals surface area (Å²) in [5, 5.41) is 7.82. The summed E-state index contributed by atoms with van der Waals surface area (Å²) in [5.41, 5.74) is 0.434. The minimum absolute atomic E-state index is 0.434. The first kappa shape index (κ1) is 14.5.